The molecule has 0 aromatic carbocycles. The van der Waals surface area contributed by atoms with Gasteiger partial charge in [0.05, 0.1) is 11.3 Å². The first-order chi connectivity index (χ1) is 7.90. The number of hydrogen-bond donors (Lipinski definition) is 2. The Balaban J connectivity index is 2.99. The molecule has 0 aromatic rings. The van der Waals surface area contributed by atoms with Gasteiger partial charge in [0, 0.05) is 0 Å². The minimum absolute atomic E-state index is 0.283. The highest BCUT2D eigenvalue weighted by atomic mass is 16.4. The lowest BCUT2D eigenvalue weighted by Crippen LogP contribution is -2.47. The fourth-order valence-corrected chi connectivity index (χ4v) is 2.98. The van der Waals surface area contributed by atoms with E-state index in [0.717, 1.165) is 19.3 Å². The Morgan fingerprint density at radius 1 is 1.24 bits per heavy atom. The maximum Gasteiger partial charge on any atom is 0.310 e. The minimum atomic E-state index is -0.908. The van der Waals surface area contributed by atoms with Crippen molar-refractivity contribution in [1.82, 2.24) is 0 Å². The number of carbonyl (C=O) groups excluding carboxylic acids is 1. The van der Waals surface area contributed by atoms with Gasteiger partial charge in [0.25, 0.3) is 0 Å². The Bertz CT molecular complexity index is 293. The van der Waals surface area contributed by atoms with Gasteiger partial charge < -0.3 is 10.8 Å². The molecule has 1 atom stereocenters. The van der Waals surface area contributed by atoms with Crippen LogP contribution < -0.4 is 5.73 Å². The first-order valence-electron chi connectivity index (χ1n) is 6.43. The summed E-state index contributed by atoms with van der Waals surface area (Å²) in [5, 5.41) is 9.51. The molecular formula is C13H23NO3. The van der Waals surface area contributed by atoms with Crippen LogP contribution in [0.1, 0.15) is 52.4 Å². The predicted octanol–water partition coefficient (Wildman–Crippen LogP) is 2.17. The Labute approximate surface area is 103 Å². The number of amides is 1. The number of aliphatic carboxylic acids is 1. The molecule has 0 aromatic heterocycles. The SMILES string of the molecule is CC(C)CC(C(N)=O)C1(C(=O)O)CCCCC1. The molecule has 1 saturated carbocycles. The van der Waals surface area contributed by atoms with E-state index >= 15 is 0 Å². The summed E-state index contributed by atoms with van der Waals surface area (Å²) in [4.78, 5) is 23.2. The van der Waals surface area contributed by atoms with E-state index in [-0.39, 0.29) is 5.92 Å². The number of rotatable bonds is 5. The molecule has 1 amide bonds. The third-order valence-corrected chi connectivity index (χ3v) is 3.89. The van der Waals surface area contributed by atoms with Crippen molar-refractivity contribution in [1.29, 1.82) is 0 Å². The predicted molar refractivity (Wildman–Crippen MR) is 65.3 cm³/mol. The highest BCUT2D eigenvalue weighted by molar-refractivity contribution is 5.86. The normalized spacial score (nSPS) is 21.1. The van der Waals surface area contributed by atoms with Crippen molar-refractivity contribution in [2.24, 2.45) is 23.0 Å². The number of hydrogen-bond acceptors (Lipinski definition) is 2. The fourth-order valence-electron chi connectivity index (χ4n) is 2.98. The first-order valence-corrected chi connectivity index (χ1v) is 6.43. The van der Waals surface area contributed by atoms with Crippen LogP contribution in [0.5, 0.6) is 0 Å². The molecule has 0 radical (unpaired) electrons. The van der Waals surface area contributed by atoms with Crippen LogP contribution in [0.3, 0.4) is 0 Å². The molecule has 4 nitrogen and oxygen atoms in total. The van der Waals surface area contributed by atoms with E-state index in [4.69, 9.17) is 5.73 Å². The molecule has 1 aliphatic rings. The number of carboxylic acids is 1. The van der Waals surface area contributed by atoms with Gasteiger partial charge in [-0.3, -0.25) is 9.59 Å². The zero-order valence-electron chi connectivity index (χ0n) is 10.7. The first kappa shape index (κ1) is 14.0. The zero-order valence-corrected chi connectivity index (χ0v) is 10.7. The average Bonchev–Trinajstić information content (AvgIpc) is 2.26. The van der Waals surface area contributed by atoms with Crippen LogP contribution in [-0.2, 0) is 9.59 Å². The summed E-state index contributed by atoms with van der Waals surface area (Å²) in [6, 6.07) is 0. The number of carboxylic acid groups (broad SMARTS) is 1. The molecule has 98 valence electrons. The summed E-state index contributed by atoms with van der Waals surface area (Å²) in [5.74, 6) is -1.55. The Morgan fingerprint density at radius 3 is 2.12 bits per heavy atom. The molecule has 3 N–H and O–H groups in total. The second kappa shape index (κ2) is 5.52. The van der Waals surface area contributed by atoms with Crippen molar-refractivity contribution in [2.45, 2.75) is 52.4 Å². The zero-order chi connectivity index (χ0) is 13.1. The van der Waals surface area contributed by atoms with Crippen LogP contribution in [0, 0.1) is 17.3 Å². The molecule has 0 saturated heterocycles. The van der Waals surface area contributed by atoms with Gasteiger partial charge in [-0.1, -0.05) is 33.1 Å². The van der Waals surface area contributed by atoms with Crippen molar-refractivity contribution in [3.63, 3.8) is 0 Å². The van der Waals surface area contributed by atoms with Crippen molar-refractivity contribution < 1.29 is 14.7 Å². The second-order valence-electron chi connectivity index (χ2n) is 5.61. The van der Waals surface area contributed by atoms with Gasteiger partial charge in [0.15, 0.2) is 0 Å². The van der Waals surface area contributed by atoms with E-state index in [1.165, 1.54) is 0 Å². The summed E-state index contributed by atoms with van der Waals surface area (Å²) in [7, 11) is 0. The molecule has 4 heteroatoms. The minimum Gasteiger partial charge on any atom is -0.481 e. The van der Waals surface area contributed by atoms with Crippen LogP contribution in [0.25, 0.3) is 0 Å². The van der Waals surface area contributed by atoms with Crippen LogP contribution >= 0.6 is 0 Å². The van der Waals surface area contributed by atoms with Crippen LogP contribution in [-0.4, -0.2) is 17.0 Å². The van der Waals surface area contributed by atoms with Gasteiger partial charge >= 0.3 is 5.97 Å². The second-order valence-corrected chi connectivity index (χ2v) is 5.61. The van der Waals surface area contributed by atoms with Crippen molar-refractivity contribution in [3.8, 4) is 0 Å². The highest BCUT2D eigenvalue weighted by Gasteiger charge is 2.48. The van der Waals surface area contributed by atoms with E-state index in [9.17, 15) is 14.7 Å². The van der Waals surface area contributed by atoms with Gasteiger partial charge in [0.2, 0.25) is 5.91 Å². The molecule has 0 spiro atoms. The third kappa shape index (κ3) is 2.99. The molecule has 0 aliphatic heterocycles. The summed E-state index contributed by atoms with van der Waals surface area (Å²) in [6.45, 7) is 3.99. The molecule has 1 rings (SSSR count). The molecule has 1 fully saturated rings. The van der Waals surface area contributed by atoms with E-state index < -0.39 is 23.2 Å². The van der Waals surface area contributed by atoms with Crippen molar-refractivity contribution in [2.75, 3.05) is 0 Å². The fraction of sp³-hybridized carbons (Fsp3) is 0.846. The molecule has 17 heavy (non-hydrogen) atoms. The maximum absolute atomic E-state index is 11.6. The average molecular weight is 241 g/mol. The molecule has 0 heterocycles. The largest absolute Gasteiger partial charge is 0.481 e. The summed E-state index contributed by atoms with van der Waals surface area (Å²) in [5.41, 5.74) is 4.53. The lowest BCUT2D eigenvalue weighted by Gasteiger charge is -2.39. The molecule has 1 unspecified atom stereocenters. The number of nitrogens with two attached hydrogens (primary N) is 1. The van der Waals surface area contributed by atoms with Crippen LogP contribution in [0.4, 0.5) is 0 Å². The lowest BCUT2D eigenvalue weighted by atomic mass is 9.63. The topological polar surface area (TPSA) is 80.4 Å². The third-order valence-electron chi connectivity index (χ3n) is 3.89. The Morgan fingerprint density at radius 2 is 1.76 bits per heavy atom. The van der Waals surface area contributed by atoms with Crippen LogP contribution in [0.2, 0.25) is 0 Å². The van der Waals surface area contributed by atoms with E-state index in [2.05, 4.69) is 0 Å². The van der Waals surface area contributed by atoms with E-state index in [1.54, 1.807) is 0 Å². The summed E-state index contributed by atoms with van der Waals surface area (Å²) in [6.07, 6.45) is 4.57. The van der Waals surface area contributed by atoms with Crippen LogP contribution in [0.15, 0.2) is 0 Å². The molecule has 1 aliphatic carbocycles. The van der Waals surface area contributed by atoms with Gasteiger partial charge in [-0.05, 0) is 25.2 Å². The van der Waals surface area contributed by atoms with Crippen molar-refractivity contribution >= 4 is 11.9 Å². The molecule has 0 bridgehead atoms. The van der Waals surface area contributed by atoms with Gasteiger partial charge in [-0.15, -0.1) is 0 Å². The number of primary amides is 1. The molecular weight excluding hydrogens is 218 g/mol. The summed E-state index contributed by atoms with van der Waals surface area (Å²) < 4.78 is 0. The van der Waals surface area contributed by atoms with Crippen molar-refractivity contribution in [3.05, 3.63) is 0 Å². The highest BCUT2D eigenvalue weighted by Crippen LogP contribution is 2.45. The van der Waals surface area contributed by atoms with Gasteiger partial charge in [-0.2, -0.15) is 0 Å². The Kier molecular flexibility index (Phi) is 4.54. The standard InChI is InChI=1S/C13H23NO3/c1-9(2)8-10(11(14)15)13(12(16)17)6-4-3-5-7-13/h9-10H,3-8H2,1-2H3,(H2,14,15)(H,16,17). The quantitative estimate of drug-likeness (QED) is 0.774. The van der Waals surface area contributed by atoms with Gasteiger partial charge in [-0.25, -0.2) is 0 Å². The van der Waals surface area contributed by atoms with Gasteiger partial charge in [0.1, 0.15) is 0 Å². The Hall–Kier alpha value is -1.06. The monoisotopic (exact) mass is 241 g/mol. The van der Waals surface area contributed by atoms with E-state index in [0.29, 0.717) is 19.3 Å². The smallest absolute Gasteiger partial charge is 0.310 e. The lowest BCUT2D eigenvalue weighted by molar-refractivity contribution is -0.159. The number of carbonyl (C=O) groups is 2. The maximum atomic E-state index is 11.6. The summed E-state index contributed by atoms with van der Waals surface area (Å²) >= 11 is 0. The van der Waals surface area contributed by atoms with E-state index in [1.807, 2.05) is 13.8 Å².